The van der Waals surface area contributed by atoms with Gasteiger partial charge in [-0.2, -0.15) is 11.8 Å². The Hall–Kier alpha value is 0.270. The SMILES string of the molecule is CSC(C)CCNC1CCCCC1C1CCCCN1. The van der Waals surface area contributed by atoms with Crippen LogP contribution in [0.1, 0.15) is 58.3 Å². The third-order valence-corrected chi connectivity index (χ3v) is 6.08. The summed E-state index contributed by atoms with van der Waals surface area (Å²) < 4.78 is 0. The summed E-state index contributed by atoms with van der Waals surface area (Å²) >= 11 is 1.99. The monoisotopic (exact) mass is 284 g/mol. The van der Waals surface area contributed by atoms with Gasteiger partial charge < -0.3 is 10.6 Å². The molecule has 1 aliphatic carbocycles. The van der Waals surface area contributed by atoms with Gasteiger partial charge in [-0.1, -0.05) is 26.2 Å². The summed E-state index contributed by atoms with van der Waals surface area (Å²) in [5.74, 6) is 0.888. The summed E-state index contributed by atoms with van der Waals surface area (Å²) in [5, 5.41) is 8.46. The van der Waals surface area contributed by atoms with Crippen molar-refractivity contribution in [2.75, 3.05) is 19.3 Å². The molecule has 4 unspecified atom stereocenters. The number of hydrogen-bond donors (Lipinski definition) is 2. The fourth-order valence-electron chi connectivity index (χ4n) is 3.73. The molecular formula is C16H32N2S. The van der Waals surface area contributed by atoms with Crippen molar-refractivity contribution in [3.8, 4) is 0 Å². The summed E-state index contributed by atoms with van der Waals surface area (Å²) in [5.41, 5.74) is 0. The molecule has 0 aromatic rings. The van der Waals surface area contributed by atoms with Gasteiger partial charge in [-0.3, -0.25) is 0 Å². The highest BCUT2D eigenvalue weighted by Gasteiger charge is 2.31. The van der Waals surface area contributed by atoms with Crippen LogP contribution in [0.15, 0.2) is 0 Å². The van der Waals surface area contributed by atoms with Crippen LogP contribution in [0.3, 0.4) is 0 Å². The van der Waals surface area contributed by atoms with Crippen LogP contribution in [0.25, 0.3) is 0 Å². The molecule has 2 rings (SSSR count). The van der Waals surface area contributed by atoms with Gasteiger partial charge in [0.1, 0.15) is 0 Å². The Bertz CT molecular complexity index is 241. The molecule has 4 atom stereocenters. The zero-order chi connectivity index (χ0) is 13.5. The second-order valence-electron chi connectivity index (χ2n) is 6.40. The lowest BCUT2D eigenvalue weighted by atomic mass is 9.77. The molecule has 1 heterocycles. The van der Waals surface area contributed by atoms with E-state index in [1.165, 1.54) is 64.5 Å². The maximum Gasteiger partial charge on any atom is 0.0110 e. The van der Waals surface area contributed by atoms with E-state index in [0.29, 0.717) is 0 Å². The summed E-state index contributed by atoms with van der Waals surface area (Å²) in [6.45, 7) is 4.79. The molecule has 2 nitrogen and oxygen atoms in total. The number of thioether (sulfide) groups is 1. The van der Waals surface area contributed by atoms with Crippen LogP contribution in [0, 0.1) is 5.92 Å². The summed E-state index contributed by atoms with van der Waals surface area (Å²) in [6.07, 6.45) is 13.5. The first kappa shape index (κ1) is 15.7. The predicted molar refractivity (Wildman–Crippen MR) is 87.0 cm³/mol. The molecule has 0 aromatic heterocycles. The first-order chi connectivity index (χ1) is 9.31. The van der Waals surface area contributed by atoms with Crippen LogP contribution in [-0.4, -0.2) is 36.7 Å². The first-order valence-corrected chi connectivity index (χ1v) is 9.59. The zero-order valence-corrected chi connectivity index (χ0v) is 13.6. The average Bonchev–Trinajstić information content (AvgIpc) is 2.48. The maximum absolute atomic E-state index is 3.88. The van der Waals surface area contributed by atoms with Crippen molar-refractivity contribution in [3.05, 3.63) is 0 Å². The lowest BCUT2D eigenvalue weighted by Gasteiger charge is -2.40. The van der Waals surface area contributed by atoms with Crippen molar-refractivity contribution in [2.45, 2.75) is 75.6 Å². The van der Waals surface area contributed by atoms with Crippen molar-refractivity contribution in [1.29, 1.82) is 0 Å². The number of rotatable bonds is 6. The summed E-state index contributed by atoms with van der Waals surface area (Å²) in [7, 11) is 0. The highest BCUT2D eigenvalue weighted by atomic mass is 32.2. The van der Waals surface area contributed by atoms with Crippen LogP contribution in [0.5, 0.6) is 0 Å². The van der Waals surface area contributed by atoms with Crippen molar-refractivity contribution in [2.24, 2.45) is 5.92 Å². The zero-order valence-electron chi connectivity index (χ0n) is 12.8. The molecule has 0 aromatic carbocycles. The second kappa shape index (κ2) is 8.53. The molecule has 2 aliphatic rings. The quantitative estimate of drug-likeness (QED) is 0.781. The van der Waals surface area contributed by atoms with E-state index in [-0.39, 0.29) is 0 Å². The van der Waals surface area contributed by atoms with E-state index in [9.17, 15) is 0 Å². The van der Waals surface area contributed by atoms with E-state index in [4.69, 9.17) is 0 Å². The molecule has 0 radical (unpaired) electrons. The van der Waals surface area contributed by atoms with Gasteiger partial charge in [0.05, 0.1) is 0 Å². The minimum atomic E-state index is 0.776. The van der Waals surface area contributed by atoms with Gasteiger partial charge in [0.2, 0.25) is 0 Å². The van der Waals surface area contributed by atoms with E-state index in [1.54, 1.807) is 0 Å². The average molecular weight is 285 g/mol. The largest absolute Gasteiger partial charge is 0.314 e. The van der Waals surface area contributed by atoms with Crippen LogP contribution in [-0.2, 0) is 0 Å². The van der Waals surface area contributed by atoms with Crippen LogP contribution in [0.2, 0.25) is 0 Å². The maximum atomic E-state index is 3.88. The fraction of sp³-hybridized carbons (Fsp3) is 1.00. The standard InChI is InChI=1S/C16H32N2S/c1-13(19-2)10-12-18-16-8-4-3-7-14(16)15-9-5-6-11-17-15/h13-18H,3-12H2,1-2H3. The first-order valence-electron chi connectivity index (χ1n) is 8.31. The van der Waals surface area contributed by atoms with Crippen molar-refractivity contribution in [3.63, 3.8) is 0 Å². The number of piperidine rings is 1. The molecule has 1 saturated carbocycles. The minimum absolute atomic E-state index is 0.776. The lowest BCUT2D eigenvalue weighted by Crippen LogP contribution is -2.50. The summed E-state index contributed by atoms with van der Waals surface area (Å²) in [4.78, 5) is 0. The molecule has 112 valence electrons. The van der Waals surface area contributed by atoms with Gasteiger partial charge in [-0.05, 0) is 57.4 Å². The molecule has 2 fully saturated rings. The third kappa shape index (κ3) is 4.95. The summed E-state index contributed by atoms with van der Waals surface area (Å²) in [6, 6.07) is 1.57. The predicted octanol–water partition coefficient (Wildman–Crippen LogP) is 3.42. The molecule has 19 heavy (non-hydrogen) atoms. The Labute approximate surface area is 123 Å². The normalized spacial score (nSPS) is 34.1. The van der Waals surface area contributed by atoms with Gasteiger partial charge in [-0.25, -0.2) is 0 Å². The van der Waals surface area contributed by atoms with E-state index in [2.05, 4.69) is 23.8 Å². The topological polar surface area (TPSA) is 24.1 Å². The molecule has 2 N–H and O–H groups in total. The van der Waals surface area contributed by atoms with Gasteiger partial charge in [-0.15, -0.1) is 0 Å². The molecule has 3 heteroatoms. The minimum Gasteiger partial charge on any atom is -0.314 e. The van der Waals surface area contributed by atoms with E-state index in [1.807, 2.05) is 11.8 Å². The fourth-order valence-corrected chi connectivity index (χ4v) is 4.08. The Morgan fingerprint density at radius 3 is 2.68 bits per heavy atom. The number of hydrogen-bond acceptors (Lipinski definition) is 3. The van der Waals surface area contributed by atoms with E-state index < -0.39 is 0 Å². The smallest absolute Gasteiger partial charge is 0.0110 e. The van der Waals surface area contributed by atoms with Gasteiger partial charge >= 0.3 is 0 Å². The van der Waals surface area contributed by atoms with Gasteiger partial charge in [0.25, 0.3) is 0 Å². The second-order valence-corrected chi connectivity index (χ2v) is 7.68. The van der Waals surface area contributed by atoms with Gasteiger partial charge in [0, 0.05) is 17.3 Å². The van der Waals surface area contributed by atoms with Crippen LogP contribution >= 0.6 is 11.8 Å². The third-order valence-electron chi connectivity index (χ3n) is 5.04. The Kier molecular flexibility index (Phi) is 7.03. The molecule has 1 aliphatic heterocycles. The molecular weight excluding hydrogens is 252 g/mol. The molecule has 0 spiro atoms. The van der Waals surface area contributed by atoms with E-state index in [0.717, 1.165) is 23.3 Å². The highest BCUT2D eigenvalue weighted by molar-refractivity contribution is 7.99. The Morgan fingerprint density at radius 1 is 1.16 bits per heavy atom. The van der Waals surface area contributed by atoms with Crippen LogP contribution in [0.4, 0.5) is 0 Å². The molecule has 0 bridgehead atoms. The van der Waals surface area contributed by atoms with Crippen molar-refractivity contribution >= 4 is 11.8 Å². The Balaban J connectivity index is 1.78. The van der Waals surface area contributed by atoms with Gasteiger partial charge in [0.15, 0.2) is 0 Å². The molecule has 0 amide bonds. The molecule has 1 saturated heterocycles. The van der Waals surface area contributed by atoms with Crippen molar-refractivity contribution in [1.82, 2.24) is 10.6 Å². The van der Waals surface area contributed by atoms with Crippen LogP contribution < -0.4 is 10.6 Å². The van der Waals surface area contributed by atoms with Crippen molar-refractivity contribution < 1.29 is 0 Å². The lowest BCUT2D eigenvalue weighted by molar-refractivity contribution is 0.182. The number of nitrogens with one attached hydrogen (secondary N) is 2. The highest BCUT2D eigenvalue weighted by Crippen LogP contribution is 2.30. The Morgan fingerprint density at radius 2 is 1.95 bits per heavy atom. The van der Waals surface area contributed by atoms with E-state index >= 15 is 0 Å².